The molecule has 6 nitrogen and oxygen atoms in total. The molecule has 0 aliphatic heterocycles. The molecular formula is C53H34N4O2. The van der Waals surface area contributed by atoms with E-state index in [4.69, 9.17) is 25.8 Å². The van der Waals surface area contributed by atoms with Crippen molar-refractivity contribution < 1.29 is 9.52 Å². The Hall–Kier alpha value is -8.01. The number of rotatable bonds is 7. The molecule has 1 aliphatic carbocycles. The first-order chi connectivity index (χ1) is 29.1. The monoisotopic (exact) mass is 758 g/mol. The van der Waals surface area contributed by atoms with Crippen LogP contribution in [0.4, 0.5) is 0 Å². The number of aromatic hydroxyl groups is 1. The van der Waals surface area contributed by atoms with Gasteiger partial charge in [-0.2, -0.15) is 9.97 Å². The molecule has 0 spiro atoms. The van der Waals surface area contributed by atoms with Crippen LogP contribution < -0.4 is 0 Å². The number of para-hydroxylation sites is 2. The van der Waals surface area contributed by atoms with Crippen molar-refractivity contribution in [2.45, 2.75) is 11.8 Å². The molecule has 0 saturated heterocycles. The second kappa shape index (κ2) is 13.6. The molecule has 0 saturated carbocycles. The van der Waals surface area contributed by atoms with Gasteiger partial charge in [0.2, 0.25) is 5.95 Å². The van der Waals surface area contributed by atoms with Gasteiger partial charge in [-0.25, -0.2) is 4.98 Å². The number of aromatic nitrogens is 4. The number of terminal acetylenes is 1. The fourth-order valence-electron chi connectivity index (χ4n) is 9.16. The third kappa shape index (κ3) is 5.26. The number of benzene rings is 7. The Bertz CT molecular complexity index is 3330. The SMILES string of the molecule is C#C/C=C\C=C/CC1(c2ccccc2O)c2ccccc2-c2c1ccc1c3cc4c(cc3n(-c3nc(-c5ccccc5)nc(-c5ccccc5)n3)c21)oc1ccccc14. The minimum Gasteiger partial charge on any atom is -0.508 e. The summed E-state index contributed by atoms with van der Waals surface area (Å²) in [5.74, 6) is 4.43. The van der Waals surface area contributed by atoms with Crippen molar-refractivity contribution >= 4 is 43.7 Å². The predicted molar refractivity (Wildman–Crippen MR) is 237 cm³/mol. The molecule has 0 bridgehead atoms. The van der Waals surface area contributed by atoms with Crippen LogP contribution in [0.25, 0.3) is 83.6 Å². The summed E-state index contributed by atoms with van der Waals surface area (Å²) in [7, 11) is 0. The predicted octanol–water partition coefficient (Wildman–Crippen LogP) is 12.4. The van der Waals surface area contributed by atoms with Crippen molar-refractivity contribution in [2.75, 3.05) is 0 Å². The van der Waals surface area contributed by atoms with Gasteiger partial charge in [-0.05, 0) is 47.4 Å². The van der Waals surface area contributed by atoms with Gasteiger partial charge in [-0.3, -0.25) is 4.57 Å². The smallest absolute Gasteiger partial charge is 0.238 e. The average Bonchev–Trinajstić information content (AvgIpc) is 3.92. The van der Waals surface area contributed by atoms with Crippen molar-refractivity contribution in [1.29, 1.82) is 0 Å². The second-order valence-corrected chi connectivity index (χ2v) is 14.8. The number of allylic oxidation sites excluding steroid dienone is 4. The van der Waals surface area contributed by atoms with Gasteiger partial charge < -0.3 is 9.52 Å². The normalized spacial score (nSPS) is 14.8. The quantitative estimate of drug-likeness (QED) is 0.129. The lowest BCUT2D eigenvalue weighted by Crippen LogP contribution is -2.26. The lowest BCUT2D eigenvalue weighted by Gasteiger charge is -2.32. The van der Waals surface area contributed by atoms with Gasteiger partial charge in [-0.1, -0.05) is 158 Å². The van der Waals surface area contributed by atoms with E-state index in [9.17, 15) is 5.11 Å². The number of hydrogen-bond donors (Lipinski definition) is 1. The molecule has 59 heavy (non-hydrogen) atoms. The molecule has 1 aliphatic rings. The molecule has 0 fully saturated rings. The molecule has 11 rings (SSSR count). The Morgan fingerprint density at radius 2 is 1.29 bits per heavy atom. The van der Waals surface area contributed by atoms with E-state index in [0.29, 0.717) is 24.0 Å². The Morgan fingerprint density at radius 3 is 2.03 bits per heavy atom. The topological polar surface area (TPSA) is 77.0 Å². The number of phenolic OH excluding ortho intramolecular Hbond substituents is 1. The summed E-state index contributed by atoms with van der Waals surface area (Å²) < 4.78 is 8.73. The summed E-state index contributed by atoms with van der Waals surface area (Å²) in [5, 5.41) is 15.9. The highest BCUT2D eigenvalue weighted by atomic mass is 16.3. The molecule has 1 unspecified atom stereocenters. The minimum atomic E-state index is -0.749. The number of furan rings is 1. The summed E-state index contributed by atoms with van der Waals surface area (Å²) in [6, 6.07) is 53.3. The average molecular weight is 759 g/mol. The van der Waals surface area contributed by atoms with E-state index in [0.717, 1.165) is 82.7 Å². The van der Waals surface area contributed by atoms with Crippen molar-refractivity contribution in [2.24, 2.45) is 0 Å². The molecule has 278 valence electrons. The molecule has 7 aromatic carbocycles. The summed E-state index contributed by atoms with van der Waals surface area (Å²) in [6.07, 6.45) is 13.8. The highest BCUT2D eigenvalue weighted by Crippen LogP contribution is 2.59. The van der Waals surface area contributed by atoms with Crippen molar-refractivity contribution in [3.63, 3.8) is 0 Å². The first-order valence-corrected chi connectivity index (χ1v) is 19.6. The minimum absolute atomic E-state index is 0.230. The first kappa shape index (κ1) is 34.3. The third-order valence-corrected chi connectivity index (χ3v) is 11.7. The van der Waals surface area contributed by atoms with E-state index in [1.807, 2.05) is 109 Å². The lowest BCUT2D eigenvalue weighted by atomic mass is 9.69. The Labute approximate surface area is 340 Å². The van der Waals surface area contributed by atoms with Crippen molar-refractivity contribution in [1.82, 2.24) is 19.5 Å². The fraction of sp³-hybridized carbons (Fsp3) is 0.0377. The van der Waals surface area contributed by atoms with Crippen LogP contribution in [0.2, 0.25) is 0 Å². The molecular weight excluding hydrogens is 725 g/mol. The molecule has 6 heteroatoms. The molecule has 3 heterocycles. The van der Waals surface area contributed by atoms with E-state index in [2.05, 4.69) is 71.2 Å². The zero-order valence-electron chi connectivity index (χ0n) is 31.7. The van der Waals surface area contributed by atoms with Gasteiger partial charge in [0, 0.05) is 49.9 Å². The number of hydrogen-bond acceptors (Lipinski definition) is 5. The zero-order valence-corrected chi connectivity index (χ0v) is 31.7. The van der Waals surface area contributed by atoms with E-state index in [1.54, 1.807) is 12.1 Å². The van der Waals surface area contributed by atoms with E-state index in [-0.39, 0.29) is 5.75 Å². The first-order valence-electron chi connectivity index (χ1n) is 19.6. The van der Waals surface area contributed by atoms with Crippen LogP contribution in [0.15, 0.2) is 186 Å². The van der Waals surface area contributed by atoms with Crippen LogP contribution in [0.5, 0.6) is 5.75 Å². The fourth-order valence-corrected chi connectivity index (χ4v) is 9.16. The van der Waals surface area contributed by atoms with Gasteiger partial charge >= 0.3 is 0 Å². The number of phenols is 1. The van der Waals surface area contributed by atoms with Crippen molar-refractivity contribution in [3.05, 3.63) is 199 Å². The van der Waals surface area contributed by atoms with Gasteiger partial charge in [-0.15, -0.1) is 6.42 Å². The molecule has 1 N–H and O–H groups in total. The van der Waals surface area contributed by atoms with Crippen LogP contribution >= 0.6 is 0 Å². The maximum Gasteiger partial charge on any atom is 0.238 e. The van der Waals surface area contributed by atoms with Gasteiger partial charge in [0.1, 0.15) is 16.9 Å². The van der Waals surface area contributed by atoms with Crippen LogP contribution in [0.3, 0.4) is 0 Å². The highest BCUT2D eigenvalue weighted by molar-refractivity contribution is 6.20. The molecule has 0 amide bonds. The summed E-state index contributed by atoms with van der Waals surface area (Å²) in [6.45, 7) is 0. The van der Waals surface area contributed by atoms with E-state index >= 15 is 0 Å². The molecule has 10 aromatic rings. The van der Waals surface area contributed by atoms with E-state index in [1.165, 1.54) is 0 Å². The van der Waals surface area contributed by atoms with Crippen LogP contribution in [0.1, 0.15) is 23.1 Å². The maximum absolute atomic E-state index is 11.7. The number of fused-ring (bicyclic) bond motifs is 10. The van der Waals surface area contributed by atoms with Crippen LogP contribution in [0, 0.1) is 12.3 Å². The summed E-state index contributed by atoms with van der Waals surface area (Å²) >= 11 is 0. The van der Waals surface area contributed by atoms with Gasteiger partial charge in [0.15, 0.2) is 11.6 Å². The van der Waals surface area contributed by atoms with Gasteiger partial charge in [0.05, 0.1) is 16.4 Å². The Balaban J connectivity index is 1.31. The van der Waals surface area contributed by atoms with E-state index < -0.39 is 5.41 Å². The maximum atomic E-state index is 11.7. The largest absolute Gasteiger partial charge is 0.508 e. The summed E-state index contributed by atoms with van der Waals surface area (Å²) in [5.41, 5.74) is 9.58. The lowest BCUT2D eigenvalue weighted by molar-refractivity contribution is 0.454. The molecule has 1 atom stereocenters. The Kier molecular flexibility index (Phi) is 7.89. The molecule has 3 aromatic heterocycles. The van der Waals surface area contributed by atoms with Gasteiger partial charge in [0.25, 0.3) is 0 Å². The zero-order chi connectivity index (χ0) is 39.5. The second-order valence-electron chi connectivity index (χ2n) is 14.8. The standard InChI is InChI=1S/C53H34N4O2/c1-2-3-4-5-18-31-53(42-26-15-16-27-45(42)58)41-25-14-12-24-38(41)48-43(53)30-29-37-39-32-40-36-23-13-17-28-46(36)59-47(40)33-44(39)57(49(37)48)52-55-50(34-19-8-6-9-20-34)54-51(56-52)35-21-10-7-11-22-35/h1,3-30,32-33,58H,31H2/b4-3-,18-5-. The Morgan fingerprint density at radius 1 is 0.610 bits per heavy atom. The van der Waals surface area contributed by atoms with Crippen LogP contribution in [-0.2, 0) is 5.41 Å². The summed E-state index contributed by atoms with van der Waals surface area (Å²) in [4.78, 5) is 15.6. The molecule has 0 radical (unpaired) electrons. The highest BCUT2D eigenvalue weighted by Gasteiger charge is 2.46. The number of nitrogens with zero attached hydrogens (tertiary/aromatic N) is 4. The van der Waals surface area contributed by atoms with Crippen LogP contribution in [-0.4, -0.2) is 24.6 Å². The van der Waals surface area contributed by atoms with Crippen molar-refractivity contribution in [3.8, 4) is 57.9 Å². The third-order valence-electron chi connectivity index (χ3n) is 11.7.